The van der Waals surface area contributed by atoms with E-state index >= 15 is 0 Å². The van der Waals surface area contributed by atoms with Crippen LogP contribution >= 0.6 is 0 Å². The van der Waals surface area contributed by atoms with Crippen molar-refractivity contribution in [3.63, 3.8) is 0 Å². The van der Waals surface area contributed by atoms with E-state index in [9.17, 15) is 4.79 Å². The summed E-state index contributed by atoms with van der Waals surface area (Å²) in [6, 6.07) is 0. The first-order valence-electron chi connectivity index (χ1n) is 4.53. The van der Waals surface area contributed by atoms with Crippen LogP contribution in [-0.4, -0.2) is 19.6 Å². The standard InChI is InChI=1S/C9H17NO2/c1-12-9(11)5-7-2-3-8(4-7)6-10/h7-8H,2-6,10H2,1H3. The first-order chi connectivity index (χ1) is 5.76. The number of hydrogen-bond acceptors (Lipinski definition) is 3. The molecule has 0 aliphatic heterocycles. The minimum absolute atomic E-state index is 0.0855. The van der Waals surface area contributed by atoms with Crippen LogP contribution in [0.1, 0.15) is 25.7 Å². The van der Waals surface area contributed by atoms with Gasteiger partial charge in [-0.1, -0.05) is 0 Å². The summed E-state index contributed by atoms with van der Waals surface area (Å²) in [4.78, 5) is 10.9. The number of carbonyl (C=O) groups excluding carboxylic acids is 1. The average Bonchev–Trinajstić information content (AvgIpc) is 2.52. The summed E-state index contributed by atoms with van der Waals surface area (Å²) in [7, 11) is 1.44. The van der Waals surface area contributed by atoms with Crippen molar-refractivity contribution in [2.45, 2.75) is 25.7 Å². The molecule has 2 atom stereocenters. The van der Waals surface area contributed by atoms with Gasteiger partial charge < -0.3 is 10.5 Å². The van der Waals surface area contributed by atoms with Gasteiger partial charge in [-0.2, -0.15) is 0 Å². The van der Waals surface area contributed by atoms with Gasteiger partial charge in [0.15, 0.2) is 0 Å². The Hall–Kier alpha value is -0.570. The molecule has 1 saturated carbocycles. The maximum Gasteiger partial charge on any atom is 0.305 e. The fourth-order valence-electron chi connectivity index (χ4n) is 1.90. The van der Waals surface area contributed by atoms with E-state index in [1.165, 1.54) is 13.5 Å². The number of rotatable bonds is 3. The third kappa shape index (κ3) is 2.48. The van der Waals surface area contributed by atoms with Gasteiger partial charge in [-0.3, -0.25) is 4.79 Å². The zero-order valence-electron chi connectivity index (χ0n) is 7.58. The van der Waals surface area contributed by atoms with Gasteiger partial charge >= 0.3 is 5.97 Å². The summed E-state index contributed by atoms with van der Waals surface area (Å²) < 4.78 is 4.61. The predicted molar refractivity (Wildman–Crippen MR) is 46.5 cm³/mol. The fraction of sp³-hybridized carbons (Fsp3) is 0.889. The highest BCUT2D eigenvalue weighted by atomic mass is 16.5. The molecule has 3 nitrogen and oxygen atoms in total. The second-order valence-corrected chi connectivity index (χ2v) is 3.56. The number of carbonyl (C=O) groups is 1. The predicted octanol–water partition coefficient (Wildman–Crippen LogP) is 0.924. The SMILES string of the molecule is COC(=O)CC1CCC(CN)C1. The van der Waals surface area contributed by atoms with Crippen LogP contribution in [0.3, 0.4) is 0 Å². The van der Waals surface area contributed by atoms with Crippen LogP contribution in [0.15, 0.2) is 0 Å². The summed E-state index contributed by atoms with van der Waals surface area (Å²) in [6.07, 6.45) is 3.99. The highest BCUT2D eigenvalue weighted by Crippen LogP contribution is 2.32. The van der Waals surface area contributed by atoms with E-state index in [1.807, 2.05) is 0 Å². The van der Waals surface area contributed by atoms with Crippen LogP contribution in [0.25, 0.3) is 0 Å². The highest BCUT2D eigenvalue weighted by molar-refractivity contribution is 5.69. The molecular weight excluding hydrogens is 154 g/mol. The van der Waals surface area contributed by atoms with Gasteiger partial charge in [0.2, 0.25) is 0 Å². The smallest absolute Gasteiger partial charge is 0.305 e. The van der Waals surface area contributed by atoms with Crippen molar-refractivity contribution in [3.8, 4) is 0 Å². The van der Waals surface area contributed by atoms with Crippen molar-refractivity contribution in [1.29, 1.82) is 0 Å². The van der Waals surface area contributed by atoms with Crippen LogP contribution in [0.5, 0.6) is 0 Å². The molecule has 0 aromatic heterocycles. The number of ether oxygens (including phenoxy) is 1. The van der Waals surface area contributed by atoms with Crippen molar-refractivity contribution in [2.24, 2.45) is 17.6 Å². The molecule has 0 aromatic carbocycles. The minimum Gasteiger partial charge on any atom is -0.469 e. The van der Waals surface area contributed by atoms with E-state index in [4.69, 9.17) is 5.73 Å². The number of hydrogen-bond donors (Lipinski definition) is 1. The van der Waals surface area contributed by atoms with Gasteiger partial charge in [-0.25, -0.2) is 0 Å². The van der Waals surface area contributed by atoms with E-state index in [0.29, 0.717) is 18.3 Å². The van der Waals surface area contributed by atoms with Crippen LogP contribution in [0, 0.1) is 11.8 Å². The summed E-state index contributed by atoms with van der Waals surface area (Å²) in [6.45, 7) is 0.762. The molecule has 0 aromatic rings. The first-order valence-corrected chi connectivity index (χ1v) is 4.53. The van der Waals surface area contributed by atoms with Crippen molar-refractivity contribution in [2.75, 3.05) is 13.7 Å². The lowest BCUT2D eigenvalue weighted by Gasteiger charge is -2.07. The lowest BCUT2D eigenvalue weighted by molar-refractivity contribution is -0.141. The number of esters is 1. The Balaban J connectivity index is 2.23. The average molecular weight is 171 g/mol. The Kier molecular flexibility index (Phi) is 3.53. The Morgan fingerprint density at radius 3 is 2.67 bits per heavy atom. The van der Waals surface area contributed by atoms with Gasteiger partial charge in [0.1, 0.15) is 0 Å². The summed E-state index contributed by atoms with van der Waals surface area (Å²) in [5.74, 6) is 1.07. The third-order valence-corrected chi connectivity index (χ3v) is 2.67. The van der Waals surface area contributed by atoms with Gasteiger partial charge in [0.05, 0.1) is 7.11 Å². The molecule has 1 fully saturated rings. The maximum atomic E-state index is 10.9. The zero-order valence-corrected chi connectivity index (χ0v) is 7.58. The highest BCUT2D eigenvalue weighted by Gasteiger charge is 2.25. The topological polar surface area (TPSA) is 52.3 Å². The Morgan fingerprint density at radius 2 is 2.17 bits per heavy atom. The van der Waals surface area contributed by atoms with Crippen molar-refractivity contribution in [1.82, 2.24) is 0 Å². The van der Waals surface area contributed by atoms with Gasteiger partial charge in [-0.05, 0) is 37.6 Å². The van der Waals surface area contributed by atoms with Crippen LogP contribution in [0.4, 0.5) is 0 Å². The minimum atomic E-state index is -0.0855. The molecule has 0 amide bonds. The number of methoxy groups -OCH3 is 1. The Morgan fingerprint density at radius 1 is 1.50 bits per heavy atom. The molecule has 2 N–H and O–H groups in total. The quantitative estimate of drug-likeness (QED) is 0.642. The summed E-state index contributed by atoms with van der Waals surface area (Å²) in [5.41, 5.74) is 5.54. The molecule has 0 radical (unpaired) electrons. The molecule has 3 heteroatoms. The largest absolute Gasteiger partial charge is 0.469 e. The molecular formula is C9H17NO2. The molecule has 2 unspecified atom stereocenters. The maximum absolute atomic E-state index is 10.9. The second kappa shape index (κ2) is 4.45. The summed E-state index contributed by atoms with van der Waals surface area (Å²) >= 11 is 0. The van der Waals surface area contributed by atoms with Crippen molar-refractivity contribution >= 4 is 5.97 Å². The van der Waals surface area contributed by atoms with E-state index in [1.54, 1.807) is 0 Å². The Bertz CT molecular complexity index is 159. The Labute approximate surface area is 73.3 Å². The van der Waals surface area contributed by atoms with E-state index in [2.05, 4.69) is 4.74 Å². The van der Waals surface area contributed by atoms with E-state index in [-0.39, 0.29) is 5.97 Å². The lowest BCUT2D eigenvalue weighted by Crippen LogP contribution is -2.12. The lowest BCUT2D eigenvalue weighted by atomic mass is 10.0. The van der Waals surface area contributed by atoms with Crippen molar-refractivity contribution < 1.29 is 9.53 Å². The molecule has 1 aliphatic rings. The molecule has 1 rings (SSSR count). The van der Waals surface area contributed by atoms with Crippen LogP contribution in [0.2, 0.25) is 0 Å². The van der Waals surface area contributed by atoms with Crippen LogP contribution in [-0.2, 0) is 9.53 Å². The molecule has 0 heterocycles. The molecule has 0 spiro atoms. The van der Waals surface area contributed by atoms with Gasteiger partial charge in [0, 0.05) is 6.42 Å². The van der Waals surface area contributed by atoms with Crippen molar-refractivity contribution in [3.05, 3.63) is 0 Å². The monoisotopic (exact) mass is 171 g/mol. The van der Waals surface area contributed by atoms with Crippen LogP contribution < -0.4 is 5.73 Å². The second-order valence-electron chi connectivity index (χ2n) is 3.56. The van der Waals surface area contributed by atoms with E-state index in [0.717, 1.165) is 19.4 Å². The molecule has 70 valence electrons. The summed E-state index contributed by atoms with van der Waals surface area (Å²) in [5, 5.41) is 0. The van der Waals surface area contributed by atoms with Gasteiger partial charge in [0.25, 0.3) is 0 Å². The van der Waals surface area contributed by atoms with E-state index < -0.39 is 0 Å². The molecule has 1 aliphatic carbocycles. The first kappa shape index (κ1) is 9.52. The third-order valence-electron chi connectivity index (χ3n) is 2.67. The molecule has 12 heavy (non-hydrogen) atoms. The fourth-order valence-corrected chi connectivity index (χ4v) is 1.90. The zero-order chi connectivity index (χ0) is 8.97. The molecule has 0 saturated heterocycles. The normalized spacial score (nSPS) is 28.8. The van der Waals surface area contributed by atoms with Gasteiger partial charge in [-0.15, -0.1) is 0 Å². The number of nitrogens with two attached hydrogens (primary N) is 1. The molecule has 0 bridgehead atoms.